The Hall–Kier alpha value is -6.44. The third-order valence-corrected chi connectivity index (χ3v) is 10.2. The first-order valence-corrected chi connectivity index (χ1v) is 18.5. The van der Waals surface area contributed by atoms with Crippen molar-refractivity contribution in [2.75, 3.05) is 11.5 Å². The van der Waals surface area contributed by atoms with Gasteiger partial charge in [-0.15, -0.1) is 0 Å². The molecule has 0 saturated carbocycles. The van der Waals surface area contributed by atoms with Crippen molar-refractivity contribution in [2.24, 2.45) is 4.99 Å². The van der Waals surface area contributed by atoms with Gasteiger partial charge in [-0.3, -0.25) is 4.99 Å². The molecule has 62 heavy (non-hydrogen) atoms. The van der Waals surface area contributed by atoms with E-state index in [9.17, 15) is 80.1 Å². The molecule has 23 heteroatoms. The molecule has 12 atom stereocenters. The monoisotopic (exact) mass is 872 g/mol. The summed E-state index contributed by atoms with van der Waals surface area (Å²) in [6.07, 6.45) is -14.9. The number of fused-ring (bicyclic) bond motifs is 1. The topological polar surface area (TPSA) is 370 Å². The molecule has 2 fully saturated rings. The third-order valence-electron chi connectivity index (χ3n) is 10.2. The summed E-state index contributed by atoms with van der Waals surface area (Å²) in [5.74, 6) is -8.34. The summed E-state index contributed by atoms with van der Waals surface area (Å²) in [5.41, 5.74) is 0.428. The van der Waals surface area contributed by atoms with Crippen molar-refractivity contribution in [1.29, 1.82) is 0 Å². The van der Waals surface area contributed by atoms with Gasteiger partial charge in [0.05, 0.1) is 6.61 Å². The summed E-state index contributed by atoms with van der Waals surface area (Å²) in [6.45, 7) is -0.911. The van der Waals surface area contributed by atoms with Gasteiger partial charge in [-0.05, 0) is 53.1 Å². The zero-order valence-electron chi connectivity index (χ0n) is 31.8. The molecule has 0 aromatic heterocycles. The largest absolute Gasteiger partial charge is 0.508 e. The van der Waals surface area contributed by atoms with Crippen LogP contribution in [0.25, 0.3) is 6.08 Å². The van der Waals surface area contributed by atoms with E-state index in [-0.39, 0.29) is 35.4 Å². The number of carbonyl (C=O) groups is 5. The van der Waals surface area contributed by atoms with Crippen molar-refractivity contribution < 1.29 is 104 Å². The van der Waals surface area contributed by atoms with Gasteiger partial charge in [-0.2, -0.15) is 0 Å². The number of ether oxygens (including phenoxy) is 5. The summed E-state index contributed by atoms with van der Waals surface area (Å²) in [7, 11) is 0. The van der Waals surface area contributed by atoms with Gasteiger partial charge in [-0.25, -0.2) is 24.0 Å². The van der Waals surface area contributed by atoms with E-state index in [1.165, 1.54) is 53.6 Å². The number of aliphatic imine (C=N–C) groups is 1. The number of rotatable bonds is 14. The second kappa shape index (κ2) is 18.7. The van der Waals surface area contributed by atoms with Gasteiger partial charge in [-0.1, -0.05) is 12.1 Å². The van der Waals surface area contributed by atoms with Crippen molar-refractivity contribution in [2.45, 2.75) is 86.3 Å². The molecule has 0 amide bonds. The van der Waals surface area contributed by atoms with Crippen molar-refractivity contribution in [1.82, 2.24) is 0 Å². The van der Waals surface area contributed by atoms with E-state index < -0.39 is 127 Å². The zero-order chi connectivity index (χ0) is 45.2. The second-order valence-electron chi connectivity index (χ2n) is 14.3. The van der Waals surface area contributed by atoms with Gasteiger partial charge < -0.3 is 84.8 Å². The molecule has 4 heterocycles. The van der Waals surface area contributed by atoms with E-state index in [1.54, 1.807) is 0 Å². The van der Waals surface area contributed by atoms with Crippen LogP contribution in [-0.4, -0.2) is 172 Å². The summed E-state index contributed by atoms with van der Waals surface area (Å²) >= 11 is 0. The molecule has 2 aromatic carbocycles. The number of phenols is 2. The number of esters is 1. The first-order chi connectivity index (χ1) is 29.4. The van der Waals surface area contributed by atoms with Crippen LogP contribution in [-0.2, 0) is 49.3 Å². The van der Waals surface area contributed by atoms with Gasteiger partial charge >= 0.3 is 29.8 Å². The number of benzene rings is 2. The number of aliphatic hydroxyl groups excluding tert-OH is 5. The number of carbonyl (C=O) groups excluding carboxylic acids is 1. The standard InChI is InChI=1S/C39H40N2O21/c42-14-25-27(46)28(47)33(62-39-32(30(49)29(48)31(61-39)37(56)57)60-26(45)6-3-15-1-4-18(43)5-2-15)38(59-25)58-24-12-17-11-22(36(54)55)41(21(17)13-23(24)44)8-7-16-9-19(34(50)51)40-20(10-16)35(52)53/h1-9,12-13,20,22,25,27-33,38-39,42-44,46-49H,10-11,14H2,(H,50,51)(H,52,53)(H,54,55)(H,56,57)/b6-3+,8-7+/t20-,22-,25+,27+,28-,29-,30-,31-,32+,33+,38+,39-/m0/s1. The van der Waals surface area contributed by atoms with Gasteiger partial charge in [0.25, 0.3) is 0 Å². The molecule has 6 rings (SSSR count). The molecule has 2 saturated heterocycles. The molecule has 4 aliphatic heterocycles. The smallest absolute Gasteiger partial charge is 0.354 e. The lowest BCUT2D eigenvalue weighted by atomic mass is 9.97. The lowest BCUT2D eigenvalue weighted by molar-refractivity contribution is -0.354. The summed E-state index contributed by atoms with van der Waals surface area (Å²) in [6, 6.07) is 5.10. The van der Waals surface area contributed by atoms with Crippen molar-refractivity contribution in [3.63, 3.8) is 0 Å². The van der Waals surface area contributed by atoms with E-state index in [0.29, 0.717) is 5.56 Å². The fourth-order valence-electron chi connectivity index (χ4n) is 7.00. The molecule has 332 valence electrons. The van der Waals surface area contributed by atoms with Crippen LogP contribution >= 0.6 is 0 Å². The van der Waals surface area contributed by atoms with Crippen LogP contribution in [0.5, 0.6) is 17.2 Å². The average molecular weight is 873 g/mol. The Balaban J connectivity index is 1.28. The van der Waals surface area contributed by atoms with Crippen LogP contribution in [0.2, 0.25) is 0 Å². The van der Waals surface area contributed by atoms with Gasteiger partial charge in [0, 0.05) is 36.9 Å². The Morgan fingerprint density at radius 1 is 0.806 bits per heavy atom. The van der Waals surface area contributed by atoms with E-state index >= 15 is 0 Å². The average Bonchev–Trinajstić information content (AvgIpc) is 3.58. The van der Waals surface area contributed by atoms with Crippen molar-refractivity contribution in [3.05, 3.63) is 77.5 Å². The summed E-state index contributed by atoms with van der Waals surface area (Å²) in [5, 5.41) is 113. The molecule has 0 bridgehead atoms. The van der Waals surface area contributed by atoms with E-state index in [4.69, 9.17) is 23.7 Å². The van der Waals surface area contributed by atoms with E-state index in [0.717, 1.165) is 18.2 Å². The predicted molar refractivity (Wildman–Crippen MR) is 203 cm³/mol. The number of aliphatic carboxylic acids is 4. The van der Waals surface area contributed by atoms with Crippen LogP contribution in [0.15, 0.2) is 71.4 Å². The number of carboxylic acid groups (broad SMARTS) is 4. The molecule has 0 radical (unpaired) electrons. The Kier molecular flexibility index (Phi) is 13.6. The number of aliphatic hydroxyl groups is 5. The predicted octanol–water partition coefficient (Wildman–Crippen LogP) is -1.90. The van der Waals surface area contributed by atoms with Crippen molar-refractivity contribution >= 4 is 47.3 Å². The van der Waals surface area contributed by atoms with E-state index in [2.05, 4.69) is 4.99 Å². The number of aromatic hydroxyl groups is 2. The van der Waals surface area contributed by atoms with Crippen LogP contribution in [0.4, 0.5) is 5.69 Å². The first-order valence-electron chi connectivity index (χ1n) is 18.5. The minimum Gasteiger partial charge on any atom is -0.508 e. The maximum Gasteiger partial charge on any atom is 0.354 e. The molecule has 23 nitrogen and oxygen atoms in total. The number of dihydropyridines is 1. The molecule has 4 aliphatic rings. The highest BCUT2D eigenvalue weighted by Crippen LogP contribution is 2.42. The van der Waals surface area contributed by atoms with Crippen molar-refractivity contribution in [3.8, 4) is 17.2 Å². The molecule has 2 aromatic rings. The maximum absolute atomic E-state index is 12.9. The lowest BCUT2D eigenvalue weighted by Crippen LogP contribution is -2.66. The maximum atomic E-state index is 12.9. The number of nitrogens with zero attached hydrogens (tertiary/aromatic N) is 2. The molecular formula is C39H40N2O21. The quantitative estimate of drug-likeness (QED) is 0.0729. The van der Waals surface area contributed by atoms with Crippen LogP contribution in [0.3, 0.4) is 0 Å². The number of anilines is 1. The lowest BCUT2D eigenvalue weighted by Gasteiger charge is -2.46. The fourth-order valence-corrected chi connectivity index (χ4v) is 7.00. The fraction of sp³-hybridized carbons (Fsp3) is 0.385. The Labute approximate surface area is 348 Å². The highest BCUT2D eigenvalue weighted by atomic mass is 16.8. The van der Waals surface area contributed by atoms with Crippen LogP contribution in [0, 0.1) is 0 Å². The minimum absolute atomic E-state index is 0.0575. The number of hydrogen-bond acceptors (Lipinski definition) is 19. The highest BCUT2D eigenvalue weighted by molar-refractivity contribution is 6.41. The number of phenolic OH excluding ortho intramolecular Hbond substituents is 2. The zero-order valence-corrected chi connectivity index (χ0v) is 31.8. The van der Waals surface area contributed by atoms with Crippen LogP contribution in [0.1, 0.15) is 17.5 Å². The van der Waals surface area contributed by atoms with Gasteiger partial charge in [0.15, 0.2) is 42.1 Å². The van der Waals surface area contributed by atoms with Gasteiger partial charge in [0.2, 0.25) is 6.29 Å². The normalized spacial score (nSPS) is 31.0. The SMILES string of the molecule is O=C(/C=C/c1ccc(O)cc1)O[C@H]1[C@H](O[C@H]2[C@H](Oc3cc4c(cc3O)N(/C=C/C3=CC(C(=O)O)=N[C@H](C(=O)O)C3)[C@H](C(=O)O)C4)O[C@H](CO)[C@@H](O)[C@@H]2O)O[C@H](C(=O)O)[C@@H](O)[C@@H]1O. The Bertz CT molecular complexity index is 2190. The second-order valence-corrected chi connectivity index (χ2v) is 14.3. The minimum atomic E-state index is -2.20. The Morgan fingerprint density at radius 2 is 1.50 bits per heavy atom. The van der Waals surface area contributed by atoms with Gasteiger partial charge in [0.1, 0.15) is 48.0 Å². The van der Waals surface area contributed by atoms with E-state index in [1.807, 2.05) is 0 Å². The molecule has 11 N–H and O–H groups in total. The molecular weight excluding hydrogens is 832 g/mol. The number of allylic oxidation sites excluding steroid dienone is 1. The number of hydrogen-bond donors (Lipinski definition) is 11. The molecule has 0 spiro atoms. The molecule has 0 aliphatic carbocycles. The first kappa shape index (κ1) is 45.1. The van der Waals surface area contributed by atoms with Crippen LogP contribution < -0.4 is 9.64 Å². The number of carboxylic acids is 4. The Morgan fingerprint density at radius 3 is 2.13 bits per heavy atom. The third kappa shape index (κ3) is 9.69. The molecule has 0 unspecified atom stereocenters. The highest BCUT2D eigenvalue weighted by Gasteiger charge is 2.54. The summed E-state index contributed by atoms with van der Waals surface area (Å²) in [4.78, 5) is 65.4. The summed E-state index contributed by atoms with van der Waals surface area (Å²) < 4.78 is 28.1.